The summed E-state index contributed by atoms with van der Waals surface area (Å²) in [6.07, 6.45) is -3.68. The maximum absolute atomic E-state index is 12.4. The van der Waals surface area contributed by atoms with Crippen molar-refractivity contribution in [3.63, 3.8) is 0 Å². The topological polar surface area (TPSA) is 17.1 Å². The van der Waals surface area contributed by atoms with Gasteiger partial charge in [-0.1, -0.05) is 31.9 Å². The van der Waals surface area contributed by atoms with E-state index in [1.54, 1.807) is 0 Å². The summed E-state index contributed by atoms with van der Waals surface area (Å²) in [5, 5.41) is 0. The summed E-state index contributed by atoms with van der Waals surface area (Å²) in [5.74, 6) is 0. The Labute approximate surface area is 101 Å². The summed E-state index contributed by atoms with van der Waals surface area (Å²) in [6, 6.07) is 1.92. The highest BCUT2D eigenvalue weighted by molar-refractivity contribution is 9.11. The van der Waals surface area contributed by atoms with Gasteiger partial charge in [-0.05, 0) is 17.7 Å². The lowest BCUT2D eigenvalue weighted by atomic mass is 10.1. The number of benzene rings is 1. The highest BCUT2D eigenvalue weighted by Crippen LogP contribution is 2.36. The van der Waals surface area contributed by atoms with Crippen LogP contribution in [0.15, 0.2) is 21.1 Å². The van der Waals surface area contributed by atoms with E-state index in [4.69, 9.17) is 0 Å². The number of alkyl halides is 3. The van der Waals surface area contributed by atoms with Crippen LogP contribution >= 0.6 is 31.9 Å². The van der Waals surface area contributed by atoms with E-state index in [0.717, 1.165) is 12.1 Å². The van der Waals surface area contributed by atoms with Gasteiger partial charge in [-0.2, -0.15) is 13.2 Å². The van der Waals surface area contributed by atoms with Gasteiger partial charge in [-0.15, -0.1) is 0 Å². The molecule has 0 heterocycles. The van der Waals surface area contributed by atoms with E-state index < -0.39 is 11.7 Å². The van der Waals surface area contributed by atoms with Gasteiger partial charge in [-0.25, -0.2) is 0 Å². The Balaban J connectivity index is 3.25. The quantitative estimate of drug-likeness (QED) is 0.741. The summed E-state index contributed by atoms with van der Waals surface area (Å²) >= 11 is 6.01. The molecule has 1 nitrogen and oxygen atoms in total. The van der Waals surface area contributed by atoms with E-state index in [0.29, 0.717) is 11.8 Å². The molecule has 82 valence electrons. The number of carbonyl (C=O) groups is 1. The molecule has 0 atom stereocenters. The van der Waals surface area contributed by atoms with Crippen LogP contribution in [0.4, 0.5) is 13.2 Å². The first kappa shape index (κ1) is 12.7. The molecule has 1 aromatic rings. The Morgan fingerprint density at radius 1 is 1.20 bits per heavy atom. The zero-order valence-corrected chi connectivity index (χ0v) is 10.4. The summed E-state index contributed by atoms with van der Waals surface area (Å²) in [7, 11) is 0. The third-order valence-electron chi connectivity index (χ3n) is 1.76. The SMILES string of the molecule is O=CCc1c(Br)cc(C(F)(F)F)cc1Br. The fourth-order valence-electron chi connectivity index (χ4n) is 1.05. The lowest BCUT2D eigenvalue weighted by molar-refractivity contribution is -0.137. The molecule has 6 heteroatoms. The molecule has 0 aliphatic heterocycles. The molecule has 0 N–H and O–H groups in total. The molecule has 0 saturated carbocycles. The van der Waals surface area contributed by atoms with Crippen LogP contribution in [-0.4, -0.2) is 6.29 Å². The molecule has 0 fully saturated rings. The lowest BCUT2D eigenvalue weighted by Gasteiger charge is -2.10. The minimum Gasteiger partial charge on any atom is -0.303 e. The predicted molar refractivity (Wildman–Crippen MR) is 56.6 cm³/mol. The molecular formula is C9H5Br2F3O. The predicted octanol–water partition coefficient (Wildman–Crippen LogP) is 3.97. The Hall–Kier alpha value is -0.360. The van der Waals surface area contributed by atoms with E-state index >= 15 is 0 Å². The number of hydrogen-bond acceptors (Lipinski definition) is 1. The van der Waals surface area contributed by atoms with Gasteiger partial charge in [0.15, 0.2) is 0 Å². The number of halogens is 5. The summed E-state index contributed by atoms with van der Waals surface area (Å²) in [6.45, 7) is 0. The van der Waals surface area contributed by atoms with Crippen LogP contribution < -0.4 is 0 Å². The molecule has 0 spiro atoms. The first-order chi connectivity index (χ1) is 6.86. The molecule has 0 bridgehead atoms. The van der Waals surface area contributed by atoms with E-state index in [9.17, 15) is 18.0 Å². The standard InChI is InChI=1S/C9H5Br2F3O/c10-7-3-5(9(12,13)14)4-8(11)6(7)1-2-15/h2-4H,1H2. The maximum Gasteiger partial charge on any atom is 0.416 e. The van der Waals surface area contributed by atoms with Crippen molar-refractivity contribution in [3.05, 3.63) is 32.2 Å². The molecule has 0 unspecified atom stereocenters. The molecule has 0 radical (unpaired) electrons. The second-order valence-corrected chi connectivity index (χ2v) is 4.50. The Bertz CT molecular complexity index is 364. The molecule has 0 aliphatic rings. The fraction of sp³-hybridized carbons (Fsp3) is 0.222. The smallest absolute Gasteiger partial charge is 0.303 e. The lowest BCUT2D eigenvalue weighted by Crippen LogP contribution is -2.06. The van der Waals surface area contributed by atoms with Gasteiger partial charge >= 0.3 is 6.18 Å². The number of aldehydes is 1. The Kier molecular flexibility index (Phi) is 3.94. The van der Waals surface area contributed by atoms with Crippen LogP contribution in [0.25, 0.3) is 0 Å². The van der Waals surface area contributed by atoms with Crippen LogP contribution in [0.1, 0.15) is 11.1 Å². The monoisotopic (exact) mass is 344 g/mol. The Morgan fingerprint density at radius 2 is 1.67 bits per heavy atom. The second-order valence-electron chi connectivity index (χ2n) is 2.79. The van der Waals surface area contributed by atoms with E-state index in [2.05, 4.69) is 31.9 Å². The largest absolute Gasteiger partial charge is 0.416 e. The summed E-state index contributed by atoms with van der Waals surface area (Å²) in [4.78, 5) is 10.3. The molecule has 0 aliphatic carbocycles. The van der Waals surface area contributed by atoms with Crippen molar-refractivity contribution >= 4 is 38.1 Å². The molecular weight excluding hydrogens is 341 g/mol. The van der Waals surface area contributed by atoms with Crippen molar-refractivity contribution in [1.82, 2.24) is 0 Å². The average Bonchev–Trinajstić information content (AvgIpc) is 2.09. The van der Waals surface area contributed by atoms with Gasteiger partial charge in [0.1, 0.15) is 6.29 Å². The Morgan fingerprint density at radius 3 is 2.00 bits per heavy atom. The molecule has 0 amide bonds. The van der Waals surface area contributed by atoms with Crippen LogP contribution in [0.5, 0.6) is 0 Å². The molecule has 0 aromatic heterocycles. The fourth-order valence-corrected chi connectivity index (χ4v) is 2.56. The van der Waals surface area contributed by atoms with Crippen LogP contribution in [-0.2, 0) is 17.4 Å². The minimum atomic E-state index is -4.38. The first-order valence-corrected chi connectivity index (χ1v) is 5.43. The summed E-state index contributed by atoms with van der Waals surface area (Å²) in [5.41, 5.74) is -0.242. The van der Waals surface area contributed by atoms with E-state index in [-0.39, 0.29) is 15.4 Å². The highest BCUT2D eigenvalue weighted by Gasteiger charge is 2.31. The second kappa shape index (κ2) is 4.65. The minimum absolute atomic E-state index is 0.0688. The van der Waals surface area contributed by atoms with Gasteiger partial charge in [0, 0.05) is 15.4 Å². The highest BCUT2D eigenvalue weighted by atomic mass is 79.9. The van der Waals surface area contributed by atoms with Crippen LogP contribution in [0, 0.1) is 0 Å². The van der Waals surface area contributed by atoms with Gasteiger partial charge in [0.25, 0.3) is 0 Å². The molecule has 15 heavy (non-hydrogen) atoms. The molecule has 1 rings (SSSR count). The number of rotatable bonds is 2. The molecule has 1 aromatic carbocycles. The third-order valence-corrected chi connectivity index (χ3v) is 3.17. The zero-order valence-electron chi connectivity index (χ0n) is 7.24. The van der Waals surface area contributed by atoms with Gasteiger partial charge in [0.2, 0.25) is 0 Å². The number of carbonyl (C=O) groups excluding carboxylic acids is 1. The van der Waals surface area contributed by atoms with Gasteiger partial charge in [0.05, 0.1) is 5.56 Å². The van der Waals surface area contributed by atoms with Crippen molar-refractivity contribution in [2.24, 2.45) is 0 Å². The van der Waals surface area contributed by atoms with Crippen molar-refractivity contribution in [1.29, 1.82) is 0 Å². The zero-order chi connectivity index (χ0) is 11.6. The maximum atomic E-state index is 12.4. The number of hydrogen-bond donors (Lipinski definition) is 0. The normalized spacial score (nSPS) is 11.5. The first-order valence-electron chi connectivity index (χ1n) is 3.85. The van der Waals surface area contributed by atoms with E-state index in [1.165, 1.54) is 0 Å². The van der Waals surface area contributed by atoms with E-state index in [1.807, 2.05) is 0 Å². The van der Waals surface area contributed by atoms with Gasteiger partial charge < -0.3 is 4.79 Å². The third kappa shape index (κ3) is 3.04. The van der Waals surface area contributed by atoms with Crippen molar-refractivity contribution in [3.8, 4) is 0 Å². The summed E-state index contributed by atoms with van der Waals surface area (Å²) < 4.78 is 37.6. The molecule has 0 saturated heterocycles. The van der Waals surface area contributed by atoms with Crippen LogP contribution in [0.3, 0.4) is 0 Å². The average molecular weight is 346 g/mol. The van der Waals surface area contributed by atoms with Gasteiger partial charge in [-0.3, -0.25) is 0 Å². The van der Waals surface area contributed by atoms with Crippen molar-refractivity contribution in [2.45, 2.75) is 12.6 Å². The van der Waals surface area contributed by atoms with Crippen molar-refractivity contribution < 1.29 is 18.0 Å². The van der Waals surface area contributed by atoms with Crippen molar-refractivity contribution in [2.75, 3.05) is 0 Å². The van der Waals surface area contributed by atoms with Crippen LogP contribution in [0.2, 0.25) is 0 Å².